The molecule has 108 valence electrons. The van der Waals surface area contributed by atoms with Gasteiger partial charge in [0, 0.05) is 26.2 Å². The average molecular weight is 267 g/mol. The Bertz CT molecular complexity index is 392. The predicted octanol–water partition coefficient (Wildman–Crippen LogP) is 0.575. The van der Waals surface area contributed by atoms with Crippen molar-refractivity contribution in [2.45, 2.75) is 39.0 Å². The maximum atomic E-state index is 5.98. The van der Waals surface area contributed by atoms with Crippen LogP contribution >= 0.6 is 0 Å². The number of likely N-dealkylation sites (N-methyl/N-ethyl adjacent to an activating group) is 1. The SMILES string of the molecule is CCNC(c1cnnn1C)C1CN(C(C)C)CCO1. The van der Waals surface area contributed by atoms with Gasteiger partial charge < -0.3 is 10.1 Å². The summed E-state index contributed by atoms with van der Waals surface area (Å²) < 4.78 is 7.80. The van der Waals surface area contributed by atoms with Crippen molar-refractivity contribution in [3.8, 4) is 0 Å². The molecule has 1 aromatic heterocycles. The molecule has 1 aliphatic heterocycles. The van der Waals surface area contributed by atoms with Gasteiger partial charge >= 0.3 is 0 Å². The van der Waals surface area contributed by atoms with E-state index < -0.39 is 0 Å². The number of hydrogen-bond donors (Lipinski definition) is 1. The summed E-state index contributed by atoms with van der Waals surface area (Å²) in [6, 6.07) is 0.699. The molecule has 2 heterocycles. The molecule has 2 rings (SSSR count). The zero-order valence-electron chi connectivity index (χ0n) is 12.3. The number of rotatable bonds is 5. The van der Waals surface area contributed by atoms with Crippen LogP contribution in [-0.4, -0.2) is 58.3 Å². The first-order chi connectivity index (χ1) is 9.13. The van der Waals surface area contributed by atoms with Gasteiger partial charge in [0.25, 0.3) is 0 Å². The van der Waals surface area contributed by atoms with Crippen molar-refractivity contribution in [1.29, 1.82) is 0 Å². The number of ether oxygens (including phenoxy) is 1. The van der Waals surface area contributed by atoms with Gasteiger partial charge in [-0.15, -0.1) is 5.10 Å². The smallest absolute Gasteiger partial charge is 0.0912 e. The lowest BCUT2D eigenvalue weighted by Crippen LogP contribution is -2.50. The van der Waals surface area contributed by atoms with E-state index in [0.717, 1.165) is 31.9 Å². The normalized spacial score (nSPS) is 22.9. The molecule has 0 amide bonds. The minimum Gasteiger partial charge on any atom is -0.374 e. The Morgan fingerprint density at radius 1 is 1.53 bits per heavy atom. The molecule has 2 unspecified atom stereocenters. The summed E-state index contributed by atoms with van der Waals surface area (Å²) in [7, 11) is 1.93. The Morgan fingerprint density at radius 2 is 2.32 bits per heavy atom. The first-order valence-electron chi connectivity index (χ1n) is 7.07. The van der Waals surface area contributed by atoms with Crippen LogP contribution in [0.2, 0.25) is 0 Å². The van der Waals surface area contributed by atoms with E-state index in [4.69, 9.17) is 4.74 Å². The van der Waals surface area contributed by atoms with Gasteiger partial charge in [-0.2, -0.15) is 0 Å². The number of nitrogens with zero attached hydrogens (tertiary/aromatic N) is 4. The van der Waals surface area contributed by atoms with Gasteiger partial charge in [-0.1, -0.05) is 12.1 Å². The molecule has 0 aliphatic carbocycles. The van der Waals surface area contributed by atoms with Crippen molar-refractivity contribution < 1.29 is 4.74 Å². The Labute approximate surface area is 115 Å². The molecule has 1 fully saturated rings. The van der Waals surface area contributed by atoms with Gasteiger partial charge in [-0.3, -0.25) is 9.58 Å². The molecule has 1 saturated heterocycles. The highest BCUT2D eigenvalue weighted by atomic mass is 16.5. The molecule has 1 aromatic rings. The Balaban J connectivity index is 2.13. The molecule has 0 spiro atoms. The minimum atomic E-state index is 0.145. The quantitative estimate of drug-likeness (QED) is 0.845. The molecule has 1 aliphatic rings. The number of aromatic nitrogens is 3. The van der Waals surface area contributed by atoms with E-state index in [0.29, 0.717) is 6.04 Å². The number of aryl methyl sites for hydroxylation is 1. The molecule has 0 aromatic carbocycles. The molecule has 0 bridgehead atoms. The van der Waals surface area contributed by atoms with Crippen molar-refractivity contribution in [3.05, 3.63) is 11.9 Å². The first-order valence-corrected chi connectivity index (χ1v) is 7.07. The maximum Gasteiger partial charge on any atom is 0.0912 e. The predicted molar refractivity (Wildman–Crippen MR) is 73.9 cm³/mol. The lowest BCUT2D eigenvalue weighted by atomic mass is 10.0. The van der Waals surface area contributed by atoms with Crippen molar-refractivity contribution in [3.63, 3.8) is 0 Å². The summed E-state index contributed by atoms with van der Waals surface area (Å²) in [6.07, 6.45) is 1.97. The summed E-state index contributed by atoms with van der Waals surface area (Å²) in [6.45, 7) is 10.2. The van der Waals surface area contributed by atoms with Crippen LogP contribution in [0.1, 0.15) is 32.5 Å². The highest BCUT2D eigenvalue weighted by Gasteiger charge is 2.31. The van der Waals surface area contributed by atoms with Gasteiger partial charge in [0.1, 0.15) is 0 Å². The third kappa shape index (κ3) is 3.32. The van der Waals surface area contributed by atoms with Gasteiger partial charge in [0.2, 0.25) is 0 Å². The second-order valence-corrected chi connectivity index (χ2v) is 5.32. The van der Waals surface area contributed by atoms with E-state index in [1.165, 1.54) is 0 Å². The average Bonchev–Trinajstić information content (AvgIpc) is 2.82. The molecule has 19 heavy (non-hydrogen) atoms. The molecule has 0 radical (unpaired) electrons. The fourth-order valence-corrected chi connectivity index (χ4v) is 2.59. The highest BCUT2D eigenvalue weighted by molar-refractivity contribution is 5.06. The van der Waals surface area contributed by atoms with Crippen molar-refractivity contribution in [1.82, 2.24) is 25.2 Å². The van der Waals surface area contributed by atoms with Crippen LogP contribution in [0, 0.1) is 0 Å². The monoisotopic (exact) mass is 267 g/mol. The first kappa shape index (κ1) is 14.4. The van der Waals surface area contributed by atoms with Gasteiger partial charge in [0.15, 0.2) is 0 Å². The lowest BCUT2D eigenvalue weighted by Gasteiger charge is -2.39. The minimum absolute atomic E-state index is 0.145. The van der Waals surface area contributed by atoms with Gasteiger partial charge in [-0.25, -0.2) is 0 Å². The molecule has 0 saturated carbocycles. The van der Waals surface area contributed by atoms with Crippen LogP contribution in [0.25, 0.3) is 0 Å². The summed E-state index contributed by atoms with van der Waals surface area (Å²) in [5.74, 6) is 0. The van der Waals surface area contributed by atoms with E-state index in [-0.39, 0.29) is 12.1 Å². The zero-order valence-corrected chi connectivity index (χ0v) is 12.3. The second-order valence-electron chi connectivity index (χ2n) is 5.32. The van der Waals surface area contributed by atoms with E-state index in [2.05, 4.69) is 41.3 Å². The number of morpholine rings is 1. The fraction of sp³-hybridized carbons (Fsp3) is 0.846. The van der Waals surface area contributed by atoms with E-state index in [1.54, 1.807) is 0 Å². The number of nitrogens with one attached hydrogen (secondary N) is 1. The molecule has 6 nitrogen and oxygen atoms in total. The standard InChI is InChI=1S/C13H25N5O/c1-5-14-13(11-8-15-16-17(11)4)12-9-18(10(2)3)6-7-19-12/h8,10,12-14H,5-7,9H2,1-4H3. The maximum absolute atomic E-state index is 5.98. The second kappa shape index (κ2) is 6.45. The highest BCUT2D eigenvalue weighted by Crippen LogP contribution is 2.22. The topological polar surface area (TPSA) is 55.2 Å². The van der Waals surface area contributed by atoms with Crippen LogP contribution in [0.4, 0.5) is 0 Å². The number of hydrogen-bond acceptors (Lipinski definition) is 5. The molecule has 2 atom stereocenters. The molecule has 1 N–H and O–H groups in total. The Kier molecular flexibility index (Phi) is 4.90. The largest absolute Gasteiger partial charge is 0.374 e. The van der Waals surface area contributed by atoms with Crippen molar-refractivity contribution in [2.75, 3.05) is 26.2 Å². The van der Waals surface area contributed by atoms with E-state index in [9.17, 15) is 0 Å². The van der Waals surface area contributed by atoms with Crippen LogP contribution in [0.15, 0.2) is 6.20 Å². The Morgan fingerprint density at radius 3 is 2.89 bits per heavy atom. The van der Waals surface area contributed by atoms with E-state index in [1.807, 2.05) is 17.9 Å². The summed E-state index contributed by atoms with van der Waals surface area (Å²) in [4.78, 5) is 2.46. The van der Waals surface area contributed by atoms with Gasteiger partial charge in [-0.05, 0) is 20.4 Å². The molecular formula is C13H25N5O. The fourth-order valence-electron chi connectivity index (χ4n) is 2.59. The van der Waals surface area contributed by atoms with E-state index >= 15 is 0 Å². The molecular weight excluding hydrogens is 242 g/mol. The third-order valence-corrected chi connectivity index (χ3v) is 3.72. The van der Waals surface area contributed by atoms with Crippen molar-refractivity contribution in [2.24, 2.45) is 7.05 Å². The summed E-state index contributed by atoms with van der Waals surface area (Å²) >= 11 is 0. The van der Waals surface area contributed by atoms with Crippen molar-refractivity contribution >= 4 is 0 Å². The Hall–Kier alpha value is -0.980. The van der Waals surface area contributed by atoms with Crippen LogP contribution in [0.3, 0.4) is 0 Å². The van der Waals surface area contributed by atoms with Gasteiger partial charge in [0.05, 0.1) is 30.6 Å². The summed E-state index contributed by atoms with van der Waals surface area (Å²) in [5.41, 5.74) is 1.08. The molecule has 6 heteroatoms. The summed E-state index contributed by atoms with van der Waals surface area (Å²) in [5, 5.41) is 11.5. The zero-order chi connectivity index (χ0) is 13.8. The van der Waals surface area contributed by atoms with Crippen LogP contribution < -0.4 is 5.32 Å². The van der Waals surface area contributed by atoms with Crippen LogP contribution in [-0.2, 0) is 11.8 Å². The lowest BCUT2D eigenvalue weighted by molar-refractivity contribution is -0.0570. The third-order valence-electron chi connectivity index (χ3n) is 3.72. The van der Waals surface area contributed by atoms with Crippen LogP contribution in [0.5, 0.6) is 0 Å².